The van der Waals surface area contributed by atoms with Crippen molar-refractivity contribution in [2.75, 3.05) is 4.72 Å². The van der Waals surface area contributed by atoms with E-state index in [0.717, 1.165) is 6.07 Å². The lowest BCUT2D eigenvalue weighted by molar-refractivity contribution is 0.584. The van der Waals surface area contributed by atoms with E-state index in [2.05, 4.69) is 19.7 Å². The fraction of sp³-hybridized carbons (Fsp3) is 0.111. The highest BCUT2D eigenvalue weighted by Gasteiger charge is 2.17. The van der Waals surface area contributed by atoms with E-state index in [1.54, 1.807) is 6.92 Å². The van der Waals surface area contributed by atoms with Gasteiger partial charge in [0.25, 0.3) is 10.0 Å². The number of rotatable bonds is 3. The quantitative estimate of drug-likeness (QED) is 0.803. The van der Waals surface area contributed by atoms with Gasteiger partial charge in [0.15, 0.2) is 5.03 Å². The number of H-pyrrole nitrogens is 1. The minimum Gasteiger partial charge on any atom is -0.332 e. The molecule has 2 aromatic rings. The highest BCUT2D eigenvalue weighted by molar-refractivity contribution is 7.92. The molecule has 8 heteroatoms. The molecule has 6 nitrogen and oxygen atoms in total. The summed E-state index contributed by atoms with van der Waals surface area (Å²) in [6.07, 6.45) is 1.18. The minimum atomic E-state index is -3.81. The zero-order valence-electron chi connectivity index (χ0n) is 8.81. The van der Waals surface area contributed by atoms with Crippen molar-refractivity contribution >= 4 is 15.8 Å². The monoisotopic (exact) mass is 256 g/mol. The van der Waals surface area contributed by atoms with Crippen molar-refractivity contribution in [1.29, 1.82) is 0 Å². The number of aryl methyl sites for hydroxylation is 1. The van der Waals surface area contributed by atoms with Gasteiger partial charge in [-0.15, -0.1) is 0 Å². The normalized spacial score (nSPS) is 11.4. The van der Waals surface area contributed by atoms with Crippen LogP contribution in [0.1, 0.15) is 5.82 Å². The zero-order valence-corrected chi connectivity index (χ0v) is 9.62. The summed E-state index contributed by atoms with van der Waals surface area (Å²) >= 11 is 0. The van der Waals surface area contributed by atoms with E-state index in [0.29, 0.717) is 5.82 Å². The Morgan fingerprint density at radius 1 is 1.41 bits per heavy atom. The van der Waals surface area contributed by atoms with Gasteiger partial charge in [-0.25, -0.2) is 9.97 Å². The van der Waals surface area contributed by atoms with Crippen molar-refractivity contribution < 1.29 is 12.8 Å². The number of nitrogens with zero attached hydrogens (tertiary/aromatic N) is 2. The molecule has 2 N–H and O–H groups in total. The second-order valence-corrected chi connectivity index (χ2v) is 4.93. The van der Waals surface area contributed by atoms with Gasteiger partial charge in [-0.05, 0) is 19.1 Å². The van der Waals surface area contributed by atoms with Gasteiger partial charge in [-0.1, -0.05) is 6.07 Å². The van der Waals surface area contributed by atoms with Crippen molar-refractivity contribution in [3.8, 4) is 0 Å². The Morgan fingerprint density at radius 2 is 2.18 bits per heavy atom. The predicted molar refractivity (Wildman–Crippen MR) is 58.3 cm³/mol. The van der Waals surface area contributed by atoms with Gasteiger partial charge in [0, 0.05) is 0 Å². The van der Waals surface area contributed by atoms with Crippen LogP contribution < -0.4 is 4.72 Å². The first-order valence-electron chi connectivity index (χ1n) is 4.64. The van der Waals surface area contributed by atoms with Gasteiger partial charge < -0.3 is 4.98 Å². The molecule has 0 aliphatic rings. The van der Waals surface area contributed by atoms with E-state index in [-0.39, 0.29) is 10.8 Å². The number of pyridine rings is 1. The zero-order chi connectivity index (χ0) is 12.5. The van der Waals surface area contributed by atoms with Crippen LogP contribution in [0.5, 0.6) is 0 Å². The summed E-state index contributed by atoms with van der Waals surface area (Å²) in [5.74, 6) is -0.374. The van der Waals surface area contributed by atoms with Gasteiger partial charge in [0.1, 0.15) is 11.6 Å². The maximum atomic E-state index is 12.8. The van der Waals surface area contributed by atoms with E-state index in [9.17, 15) is 12.8 Å². The average molecular weight is 256 g/mol. The summed E-state index contributed by atoms with van der Waals surface area (Å²) in [6.45, 7) is 1.62. The van der Waals surface area contributed by atoms with E-state index in [4.69, 9.17) is 0 Å². The Kier molecular flexibility index (Phi) is 2.80. The Hall–Kier alpha value is -1.96. The molecule has 2 heterocycles. The van der Waals surface area contributed by atoms with Crippen LogP contribution in [0, 0.1) is 12.9 Å². The Labute approximate surface area is 97.0 Å². The SMILES string of the molecule is Cc1ncc(S(=O)(=O)Nc2cccc(F)n2)[nH]1. The molecule has 0 spiro atoms. The summed E-state index contributed by atoms with van der Waals surface area (Å²) in [5, 5.41) is -0.0962. The molecule has 2 aromatic heterocycles. The standard InChI is InChI=1S/C9H9FN4O2S/c1-6-11-5-9(12-6)17(15,16)14-8-4-2-3-7(10)13-8/h2-5H,1H3,(H,11,12)(H,13,14). The largest absolute Gasteiger partial charge is 0.332 e. The van der Waals surface area contributed by atoms with E-state index in [1.165, 1.54) is 18.3 Å². The summed E-state index contributed by atoms with van der Waals surface area (Å²) in [4.78, 5) is 9.74. The number of hydrogen-bond donors (Lipinski definition) is 2. The van der Waals surface area contributed by atoms with Crippen molar-refractivity contribution in [1.82, 2.24) is 15.0 Å². The van der Waals surface area contributed by atoms with Gasteiger partial charge in [-0.2, -0.15) is 12.8 Å². The molecule has 90 valence electrons. The third kappa shape index (κ3) is 2.59. The van der Waals surface area contributed by atoms with Gasteiger partial charge >= 0.3 is 0 Å². The number of nitrogens with one attached hydrogen (secondary N) is 2. The molecule has 0 radical (unpaired) electrons. The number of imidazole rings is 1. The third-order valence-electron chi connectivity index (χ3n) is 1.92. The van der Waals surface area contributed by atoms with Crippen LogP contribution in [0.2, 0.25) is 0 Å². The summed E-state index contributed by atoms with van der Waals surface area (Å²) in [6, 6.07) is 3.83. The number of anilines is 1. The number of aromatic nitrogens is 3. The summed E-state index contributed by atoms with van der Waals surface area (Å²) in [5.41, 5.74) is 0. The van der Waals surface area contributed by atoms with Crippen LogP contribution in [0.4, 0.5) is 10.2 Å². The van der Waals surface area contributed by atoms with Crippen molar-refractivity contribution in [2.24, 2.45) is 0 Å². The van der Waals surface area contributed by atoms with E-state index < -0.39 is 16.0 Å². The Bertz CT molecular complexity index is 638. The minimum absolute atomic E-state index is 0.0859. The van der Waals surface area contributed by atoms with Gasteiger partial charge in [0.2, 0.25) is 5.95 Å². The Balaban J connectivity index is 2.29. The van der Waals surface area contributed by atoms with Crippen LogP contribution in [0.3, 0.4) is 0 Å². The molecule has 0 bridgehead atoms. The number of sulfonamides is 1. The molecule has 0 saturated carbocycles. The maximum Gasteiger partial charge on any atom is 0.280 e. The van der Waals surface area contributed by atoms with E-state index >= 15 is 0 Å². The molecule has 0 unspecified atom stereocenters. The maximum absolute atomic E-state index is 12.8. The van der Waals surface area contributed by atoms with Gasteiger partial charge in [0.05, 0.1) is 6.20 Å². The molecule has 0 aliphatic heterocycles. The second kappa shape index (κ2) is 4.13. The number of halogens is 1. The molecular weight excluding hydrogens is 247 g/mol. The molecule has 2 rings (SSSR count). The lowest BCUT2D eigenvalue weighted by Gasteiger charge is -2.04. The van der Waals surface area contributed by atoms with Gasteiger partial charge in [-0.3, -0.25) is 4.72 Å². The van der Waals surface area contributed by atoms with E-state index in [1.807, 2.05) is 0 Å². The molecule has 0 fully saturated rings. The molecule has 0 aliphatic carbocycles. The fourth-order valence-corrected chi connectivity index (χ4v) is 2.17. The van der Waals surface area contributed by atoms with Crippen LogP contribution in [-0.4, -0.2) is 23.4 Å². The third-order valence-corrected chi connectivity index (χ3v) is 3.19. The summed E-state index contributed by atoms with van der Waals surface area (Å²) in [7, 11) is -3.81. The molecule has 17 heavy (non-hydrogen) atoms. The fourth-order valence-electron chi connectivity index (χ4n) is 1.19. The first-order valence-corrected chi connectivity index (χ1v) is 6.13. The first-order chi connectivity index (χ1) is 7.97. The van der Waals surface area contributed by atoms with Crippen molar-refractivity contribution in [3.05, 3.63) is 36.2 Å². The molecular formula is C9H9FN4O2S. The molecule has 0 atom stereocenters. The average Bonchev–Trinajstić information content (AvgIpc) is 2.65. The van der Waals surface area contributed by atoms with Crippen molar-refractivity contribution in [3.63, 3.8) is 0 Å². The van der Waals surface area contributed by atoms with Crippen LogP contribution in [-0.2, 0) is 10.0 Å². The highest BCUT2D eigenvalue weighted by Crippen LogP contribution is 2.12. The number of aromatic amines is 1. The second-order valence-electron chi connectivity index (χ2n) is 3.28. The van der Waals surface area contributed by atoms with Crippen LogP contribution in [0.25, 0.3) is 0 Å². The van der Waals surface area contributed by atoms with Crippen molar-refractivity contribution in [2.45, 2.75) is 11.9 Å². The molecule has 0 amide bonds. The van der Waals surface area contributed by atoms with Crippen LogP contribution >= 0.6 is 0 Å². The Morgan fingerprint density at radius 3 is 2.76 bits per heavy atom. The smallest absolute Gasteiger partial charge is 0.280 e. The summed E-state index contributed by atoms with van der Waals surface area (Å²) < 4.78 is 38.5. The molecule has 0 aromatic carbocycles. The predicted octanol–water partition coefficient (Wildman–Crippen LogP) is 1.05. The first kappa shape index (κ1) is 11.5. The lowest BCUT2D eigenvalue weighted by atomic mass is 10.5. The number of hydrogen-bond acceptors (Lipinski definition) is 4. The lowest BCUT2D eigenvalue weighted by Crippen LogP contribution is -2.14. The van der Waals surface area contributed by atoms with Crippen LogP contribution in [0.15, 0.2) is 29.4 Å². The molecule has 0 saturated heterocycles. The highest BCUT2D eigenvalue weighted by atomic mass is 32.2. The topological polar surface area (TPSA) is 87.7 Å².